The van der Waals surface area contributed by atoms with Crippen molar-refractivity contribution in [1.29, 1.82) is 0 Å². The molecule has 2 heterocycles. The van der Waals surface area contributed by atoms with Crippen LogP contribution in [0.2, 0.25) is 0 Å². The molecule has 0 spiro atoms. The van der Waals surface area contributed by atoms with E-state index in [4.69, 9.17) is 9.15 Å². The van der Waals surface area contributed by atoms with Gasteiger partial charge in [0, 0.05) is 28.2 Å². The number of esters is 1. The number of carbonyl (C=O) groups excluding carboxylic acids is 2. The lowest BCUT2D eigenvalue weighted by Crippen LogP contribution is -2.06. The second-order valence-electron chi connectivity index (χ2n) is 7.25. The van der Waals surface area contributed by atoms with E-state index >= 15 is 0 Å². The fourth-order valence-corrected chi connectivity index (χ4v) is 4.14. The van der Waals surface area contributed by atoms with Crippen molar-refractivity contribution in [2.24, 2.45) is 0 Å². The van der Waals surface area contributed by atoms with E-state index in [2.05, 4.69) is 10.2 Å². The van der Waals surface area contributed by atoms with E-state index in [1.54, 1.807) is 24.3 Å². The normalized spacial score (nSPS) is 10.9. The maximum atomic E-state index is 13.1. The van der Waals surface area contributed by atoms with Crippen molar-refractivity contribution in [3.8, 4) is 17.1 Å². The number of ketones is 1. The average Bonchev–Trinajstić information content (AvgIpc) is 3.41. The predicted octanol–water partition coefficient (Wildman–Crippen LogP) is 5.04. The molecule has 0 N–H and O–H groups in total. The minimum atomic E-state index is -0.404. The number of hydrogen-bond donors (Lipinski definition) is 0. The maximum absolute atomic E-state index is 13.1. The molecule has 4 rings (SSSR count). The first-order valence-electron chi connectivity index (χ1n) is 10.0. The number of carbonyl (C=O) groups is 2. The van der Waals surface area contributed by atoms with Gasteiger partial charge in [-0.3, -0.25) is 4.79 Å². The van der Waals surface area contributed by atoms with Gasteiger partial charge in [-0.15, -0.1) is 10.2 Å². The molecular weight excluding hydrogens is 445 g/mol. The van der Waals surface area contributed by atoms with Gasteiger partial charge in [-0.05, 0) is 68.4 Å². The molecule has 7 nitrogen and oxygen atoms in total. The van der Waals surface area contributed by atoms with E-state index in [0.29, 0.717) is 16.7 Å². The number of Topliss-reactive ketones (excluding diaryl/α,β-unsaturated/α-hetero) is 1. The van der Waals surface area contributed by atoms with Gasteiger partial charge in [0.2, 0.25) is 5.89 Å². The van der Waals surface area contributed by atoms with Crippen molar-refractivity contribution in [2.45, 2.75) is 19.1 Å². The minimum Gasteiger partial charge on any atom is -0.465 e. The Kier molecular flexibility index (Phi) is 6.41. The summed E-state index contributed by atoms with van der Waals surface area (Å²) in [5, 5.41) is 8.18. The summed E-state index contributed by atoms with van der Waals surface area (Å²) >= 11 is 1.14. The van der Waals surface area contributed by atoms with Gasteiger partial charge in [0.05, 0.1) is 18.4 Å². The Bertz CT molecular complexity index is 1310. The second-order valence-corrected chi connectivity index (χ2v) is 8.18. The van der Waals surface area contributed by atoms with Crippen LogP contribution in [0.5, 0.6) is 0 Å². The number of benzene rings is 2. The zero-order valence-corrected chi connectivity index (χ0v) is 19.0. The SMILES string of the molecule is COC(=O)c1ccc(-n2c(C)cc(C(=O)CSc3nnc(-c4ccc(F)cc4)o3)c2C)cc1. The number of aryl methyl sites for hydroxylation is 1. The zero-order chi connectivity index (χ0) is 23.5. The van der Waals surface area contributed by atoms with Crippen LogP contribution in [-0.2, 0) is 4.74 Å². The Morgan fingerprint density at radius 2 is 1.76 bits per heavy atom. The molecule has 0 saturated heterocycles. The Morgan fingerprint density at radius 3 is 2.42 bits per heavy atom. The third kappa shape index (κ3) is 4.73. The Balaban J connectivity index is 1.47. The van der Waals surface area contributed by atoms with Gasteiger partial charge >= 0.3 is 5.97 Å². The Labute approximate surface area is 193 Å². The average molecular weight is 466 g/mol. The summed E-state index contributed by atoms with van der Waals surface area (Å²) in [6.45, 7) is 3.79. The quantitative estimate of drug-likeness (QED) is 0.215. The summed E-state index contributed by atoms with van der Waals surface area (Å²) in [6.07, 6.45) is 0. The number of nitrogens with zero attached hydrogens (tertiary/aromatic N) is 3. The van der Waals surface area contributed by atoms with Crippen LogP contribution in [0.4, 0.5) is 4.39 Å². The Morgan fingerprint density at radius 1 is 1.06 bits per heavy atom. The van der Waals surface area contributed by atoms with Crippen LogP contribution in [0.25, 0.3) is 17.1 Å². The van der Waals surface area contributed by atoms with Crippen molar-refractivity contribution >= 4 is 23.5 Å². The van der Waals surface area contributed by atoms with E-state index in [0.717, 1.165) is 28.8 Å². The zero-order valence-electron chi connectivity index (χ0n) is 18.2. The van der Waals surface area contributed by atoms with E-state index in [1.165, 1.54) is 19.2 Å². The largest absolute Gasteiger partial charge is 0.465 e. The molecule has 4 aromatic rings. The topological polar surface area (TPSA) is 87.2 Å². The van der Waals surface area contributed by atoms with Gasteiger partial charge in [-0.25, -0.2) is 9.18 Å². The third-order valence-corrected chi connectivity index (χ3v) is 5.92. The third-order valence-electron chi connectivity index (χ3n) is 5.10. The first kappa shape index (κ1) is 22.5. The van der Waals surface area contributed by atoms with Crippen LogP contribution in [0.15, 0.2) is 64.2 Å². The molecule has 0 atom stereocenters. The molecular formula is C24H20FN3O4S. The molecule has 0 aliphatic heterocycles. The van der Waals surface area contributed by atoms with Gasteiger partial charge in [-0.2, -0.15) is 0 Å². The minimum absolute atomic E-state index is 0.0768. The lowest BCUT2D eigenvalue weighted by atomic mass is 10.2. The number of halogens is 1. The maximum Gasteiger partial charge on any atom is 0.337 e. The van der Waals surface area contributed by atoms with Crippen molar-refractivity contribution in [1.82, 2.24) is 14.8 Å². The molecule has 0 unspecified atom stereocenters. The molecule has 9 heteroatoms. The molecule has 0 radical (unpaired) electrons. The van der Waals surface area contributed by atoms with Crippen molar-refractivity contribution in [3.63, 3.8) is 0 Å². The molecule has 0 saturated carbocycles. The van der Waals surface area contributed by atoms with Crippen molar-refractivity contribution in [2.75, 3.05) is 12.9 Å². The monoisotopic (exact) mass is 465 g/mol. The molecule has 168 valence electrons. The summed E-state index contributed by atoms with van der Waals surface area (Å²) in [5.41, 5.74) is 4.17. The van der Waals surface area contributed by atoms with E-state index < -0.39 is 5.97 Å². The van der Waals surface area contributed by atoms with Gasteiger partial charge in [0.25, 0.3) is 5.22 Å². The van der Waals surface area contributed by atoms with E-state index in [9.17, 15) is 14.0 Å². The van der Waals surface area contributed by atoms with Gasteiger partial charge in [-0.1, -0.05) is 11.8 Å². The van der Waals surface area contributed by atoms with E-state index in [-0.39, 0.29) is 28.5 Å². The number of rotatable bonds is 7. The standard InChI is InChI=1S/C24H20FN3O4S/c1-14-12-20(15(2)28(14)19-10-6-17(7-11-19)23(30)31-3)21(29)13-33-24-27-26-22(32-24)16-4-8-18(25)9-5-16/h4-12H,13H2,1-3H3. The van der Waals surface area contributed by atoms with Crippen LogP contribution in [0.1, 0.15) is 32.1 Å². The fraction of sp³-hybridized carbons (Fsp3) is 0.167. The summed E-state index contributed by atoms with van der Waals surface area (Å²) in [6, 6.07) is 14.6. The first-order chi connectivity index (χ1) is 15.9. The number of ether oxygens (including phenoxy) is 1. The number of hydrogen-bond acceptors (Lipinski definition) is 7. The first-order valence-corrected chi connectivity index (χ1v) is 11.0. The molecule has 2 aromatic carbocycles. The number of methoxy groups -OCH3 is 1. The summed E-state index contributed by atoms with van der Waals surface area (Å²) < 4.78 is 25.4. The van der Waals surface area contributed by atoms with E-state index in [1.807, 2.05) is 36.6 Å². The van der Waals surface area contributed by atoms with Gasteiger partial charge in [0.1, 0.15) is 5.82 Å². The lowest BCUT2D eigenvalue weighted by Gasteiger charge is -2.10. The molecule has 0 aliphatic carbocycles. The second kappa shape index (κ2) is 9.41. The van der Waals surface area contributed by atoms with Crippen LogP contribution >= 0.6 is 11.8 Å². The van der Waals surface area contributed by atoms with Crippen LogP contribution in [0, 0.1) is 19.7 Å². The van der Waals surface area contributed by atoms with Crippen molar-refractivity contribution < 1.29 is 23.1 Å². The van der Waals surface area contributed by atoms with Crippen LogP contribution in [-0.4, -0.2) is 39.4 Å². The molecule has 0 aliphatic rings. The summed E-state index contributed by atoms with van der Waals surface area (Å²) in [4.78, 5) is 24.6. The fourth-order valence-electron chi connectivity index (χ4n) is 3.49. The molecule has 0 fully saturated rings. The van der Waals surface area contributed by atoms with Crippen molar-refractivity contribution in [3.05, 3.63) is 82.9 Å². The highest BCUT2D eigenvalue weighted by Gasteiger charge is 2.19. The predicted molar refractivity (Wildman–Crippen MR) is 121 cm³/mol. The smallest absolute Gasteiger partial charge is 0.337 e. The number of aromatic nitrogens is 3. The molecule has 0 bridgehead atoms. The molecule has 0 amide bonds. The lowest BCUT2D eigenvalue weighted by molar-refractivity contribution is 0.0600. The highest BCUT2D eigenvalue weighted by molar-refractivity contribution is 7.99. The highest BCUT2D eigenvalue weighted by Crippen LogP contribution is 2.26. The summed E-state index contributed by atoms with van der Waals surface area (Å²) in [5.74, 6) is -0.448. The Hall–Kier alpha value is -3.72. The molecule has 33 heavy (non-hydrogen) atoms. The highest BCUT2D eigenvalue weighted by atomic mass is 32.2. The van der Waals surface area contributed by atoms with Crippen LogP contribution < -0.4 is 0 Å². The van der Waals surface area contributed by atoms with Gasteiger partial charge < -0.3 is 13.7 Å². The molecule has 2 aromatic heterocycles. The number of thioether (sulfide) groups is 1. The van der Waals surface area contributed by atoms with Gasteiger partial charge in [0.15, 0.2) is 5.78 Å². The van der Waals surface area contributed by atoms with Crippen LogP contribution in [0.3, 0.4) is 0 Å². The summed E-state index contributed by atoms with van der Waals surface area (Å²) in [7, 11) is 1.34.